The molecule has 112 valence electrons. The van der Waals surface area contributed by atoms with Gasteiger partial charge in [-0.25, -0.2) is 0 Å². The van der Waals surface area contributed by atoms with Crippen molar-refractivity contribution < 1.29 is 15.0 Å². The second kappa shape index (κ2) is 7.41. The number of aliphatic carboxylic acids is 1. The van der Waals surface area contributed by atoms with Crippen LogP contribution in [0.1, 0.15) is 32.3 Å². The summed E-state index contributed by atoms with van der Waals surface area (Å²) in [5.41, 5.74) is 0.409. The minimum atomic E-state index is -0.995. The lowest BCUT2D eigenvalue weighted by atomic mass is 9.83. The Balaban J connectivity index is 0.000000347. The van der Waals surface area contributed by atoms with E-state index in [1.807, 2.05) is 30.3 Å². The van der Waals surface area contributed by atoms with Crippen LogP contribution in [-0.4, -0.2) is 36.1 Å². The van der Waals surface area contributed by atoms with Gasteiger partial charge in [0.25, 0.3) is 0 Å². The van der Waals surface area contributed by atoms with Gasteiger partial charge >= 0.3 is 0 Å². The number of hydrogen-bond acceptors (Lipinski definition) is 4. The topological polar surface area (TPSA) is 63.6 Å². The Hall–Kier alpha value is -1.39. The maximum atomic E-state index is 10.8. The predicted molar refractivity (Wildman–Crippen MR) is 76.9 cm³/mol. The maximum Gasteiger partial charge on any atom is 0.106 e. The van der Waals surface area contributed by atoms with Crippen molar-refractivity contribution >= 4 is 5.97 Å². The Kier molecular flexibility index (Phi) is 6.17. The quantitative estimate of drug-likeness (QED) is 0.895. The molecule has 0 aromatic heterocycles. The van der Waals surface area contributed by atoms with Crippen LogP contribution in [0.15, 0.2) is 30.3 Å². The first-order chi connectivity index (χ1) is 9.43. The first-order valence-electron chi connectivity index (χ1n) is 7.10. The van der Waals surface area contributed by atoms with Crippen LogP contribution >= 0.6 is 0 Å². The first-order valence-corrected chi connectivity index (χ1v) is 7.10. The number of nitrogens with zero attached hydrogens (tertiary/aromatic N) is 1. The zero-order chi connectivity index (χ0) is 15.2. The summed E-state index contributed by atoms with van der Waals surface area (Å²) in [5, 5.41) is 20.0. The highest BCUT2D eigenvalue weighted by Crippen LogP contribution is 2.37. The zero-order valence-corrected chi connectivity index (χ0v) is 12.5. The van der Waals surface area contributed by atoms with Crippen LogP contribution in [0.5, 0.6) is 0 Å². The largest absolute Gasteiger partial charge is 0.550 e. The van der Waals surface area contributed by atoms with E-state index in [9.17, 15) is 15.0 Å². The predicted octanol–water partition coefficient (Wildman–Crippen LogP) is 0.992. The van der Waals surface area contributed by atoms with Crippen molar-refractivity contribution in [1.29, 1.82) is 0 Å². The van der Waals surface area contributed by atoms with Gasteiger partial charge < -0.3 is 19.9 Å². The zero-order valence-electron chi connectivity index (χ0n) is 12.5. The van der Waals surface area contributed by atoms with Crippen LogP contribution in [0.4, 0.5) is 0 Å². The van der Waals surface area contributed by atoms with E-state index >= 15 is 0 Å². The lowest BCUT2D eigenvalue weighted by Crippen LogP contribution is -2.34. The molecule has 4 nitrogen and oxygen atoms in total. The molecule has 0 radical (unpaired) electrons. The van der Waals surface area contributed by atoms with Crippen LogP contribution in [-0.2, 0) is 10.4 Å². The number of rotatable bonds is 3. The molecule has 0 saturated carbocycles. The third-order valence-corrected chi connectivity index (χ3v) is 3.77. The minimum Gasteiger partial charge on any atom is -0.550 e. The lowest BCUT2D eigenvalue weighted by molar-refractivity contribution is -0.305. The molecule has 20 heavy (non-hydrogen) atoms. The van der Waals surface area contributed by atoms with E-state index in [0.717, 1.165) is 25.1 Å². The average Bonchev–Trinajstić information content (AvgIpc) is 2.76. The molecule has 2 atom stereocenters. The van der Waals surface area contributed by atoms with Gasteiger partial charge in [-0.05, 0) is 25.5 Å². The Labute approximate surface area is 121 Å². The molecule has 0 spiro atoms. The Morgan fingerprint density at radius 2 is 1.95 bits per heavy atom. The molecule has 4 heteroatoms. The van der Waals surface area contributed by atoms with Gasteiger partial charge in [-0.15, -0.1) is 0 Å². The fourth-order valence-electron chi connectivity index (χ4n) is 2.65. The average molecular weight is 278 g/mol. The monoisotopic (exact) mass is 278 g/mol. The number of β-amino-alcohol motifs (C(OH)–C–C–N with tert-alkyl or cyclic N) is 1. The Morgan fingerprint density at radius 1 is 1.40 bits per heavy atom. The van der Waals surface area contributed by atoms with Crippen LogP contribution in [0.3, 0.4) is 0 Å². The van der Waals surface area contributed by atoms with E-state index in [-0.39, 0.29) is 6.42 Å². The number of carbonyl (C=O) groups is 1. The van der Waals surface area contributed by atoms with E-state index in [1.165, 1.54) is 6.92 Å². The lowest BCUT2D eigenvalue weighted by Gasteiger charge is -2.29. The summed E-state index contributed by atoms with van der Waals surface area (Å²) in [6.07, 6.45) is 1.13. The number of likely N-dealkylation sites (tertiary alicyclic amines) is 1. The third kappa shape index (κ3) is 4.05. The van der Waals surface area contributed by atoms with E-state index in [2.05, 4.69) is 18.9 Å². The fourth-order valence-corrected chi connectivity index (χ4v) is 2.65. The second-order valence-electron chi connectivity index (χ2n) is 5.32. The highest BCUT2D eigenvalue weighted by Gasteiger charge is 2.43. The minimum absolute atomic E-state index is 0.111. The standard InChI is InChI=1S/C13H19NO.C3H6O2/c1-3-11-9-14(2)10-13(11,15)12-7-5-4-6-8-12;1-2-3(4)5/h4-8,11,15H,3,9-10H2,1-2H3;2H2,1H3,(H,4,5)/p-1. The summed E-state index contributed by atoms with van der Waals surface area (Å²) >= 11 is 0. The van der Waals surface area contributed by atoms with Gasteiger partial charge in [0.2, 0.25) is 0 Å². The highest BCUT2D eigenvalue weighted by molar-refractivity contribution is 5.63. The van der Waals surface area contributed by atoms with Crippen molar-refractivity contribution in [3.05, 3.63) is 35.9 Å². The molecule has 1 saturated heterocycles. The molecule has 2 unspecified atom stereocenters. The third-order valence-electron chi connectivity index (χ3n) is 3.77. The van der Waals surface area contributed by atoms with E-state index in [1.54, 1.807) is 0 Å². The Bertz CT molecular complexity index is 421. The molecule has 1 aromatic rings. The highest BCUT2D eigenvalue weighted by atomic mass is 16.4. The van der Waals surface area contributed by atoms with Crippen molar-refractivity contribution in [2.24, 2.45) is 5.92 Å². The van der Waals surface area contributed by atoms with Gasteiger partial charge in [0.1, 0.15) is 5.60 Å². The van der Waals surface area contributed by atoms with Crippen molar-refractivity contribution in [1.82, 2.24) is 4.90 Å². The van der Waals surface area contributed by atoms with Crippen molar-refractivity contribution in [2.45, 2.75) is 32.3 Å². The van der Waals surface area contributed by atoms with Crippen molar-refractivity contribution in [3.8, 4) is 0 Å². The molecule has 2 rings (SSSR count). The number of likely N-dealkylation sites (N-methyl/N-ethyl adjacent to an activating group) is 1. The first kappa shape index (κ1) is 16.7. The number of aliphatic hydroxyl groups is 1. The molecule has 1 aromatic carbocycles. The fraction of sp³-hybridized carbons (Fsp3) is 0.562. The summed E-state index contributed by atoms with van der Waals surface area (Å²) in [6.45, 7) is 5.42. The summed E-state index contributed by atoms with van der Waals surface area (Å²) in [6, 6.07) is 10.0. The number of hydrogen-bond donors (Lipinski definition) is 1. The van der Waals surface area contributed by atoms with Crippen LogP contribution < -0.4 is 5.11 Å². The molecular formula is C16H24NO3-. The van der Waals surface area contributed by atoms with Gasteiger partial charge in [-0.2, -0.15) is 0 Å². The summed E-state index contributed by atoms with van der Waals surface area (Å²) in [4.78, 5) is 11.5. The Morgan fingerprint density at radius 3 is 2.40 bits per heavy atom. The molecule has 1 fully saturated rings. The summed E-state index contributed by atoms with van der Waals surface area (Å²) in [5.74, 6) is -0.644. The molecule has 0 bridgehead atoms. The molecule has 0 amide bonds. The molecule has 1 N–H and O–H groups in total. The van der Waals surface area contributed by atoms with E-state index in [0.29, 0.717) is 5.92 Å². The molecule has 1 aliphatic heterocycles. The second-order valence-corrected chi connectivity index (χ2v) is 5.32. The molecule has 0 aliphatic carbocycles. The number of carbonyl (C=O) groups excluding carboxylic acids is 1. The van der Waals surface area contributed by atoms with Gasteiger partial charge in [0, 0.05) is 25.0 Å². The van der Waals surface area contributed by atoms with Crippen molar-refractivity contribution in [3.63, 3.8) is 0 Å². The van der Waals surface area contributed by atoms with Gasteiger partial charge in [-0.1, -0.05) is 44.2 Å². The van der Waals surface area contributed by atoms with Crippen LogP contribution in [0.25, 0.3) is 0 Å². The normalized spacial score (nSPS) is 25.9. The van der Waals surface area contributed by atoms with Crippen LogP contribution in [0.2, 0.25) is 0 Å². The maximum absolute atomic E-state index is 10.8. The SMILES string of the molecule is CCC(=O)[O-].CCC1CN(C)CC1(O)c1ccccc1. The number of benzene rings is 1. The van der Waals surface area contributed by atoms with Crippen LogP contribution in [0, 0.1) is 5.92 Å². The number of carboxylic acids is 1. The smallest absolute Gasteiger partial charge is 0.106 e. The van der Waals surface area contributed by atoms with E-state index < -0.39 is 11.6 Å². The summed E-state index contributed by atoms with van der Waals surface area (Å²) < 4.78 is 0. The van der Waals surface area contributed by atoms with E-state index in [4.69, 9.17) is 0 Å². The summed E-state index contributed by atoms with van der Waals surface area (Å²) in [7, 11) is 2.07. The van der Waals surface area contributed by atoms with Crippen molar-refractivity contribution in [2.75, 3.05) is 20.1 Å². The van der Waals surface area contributed by atoms with Gasteiger partial charge in [-0.3, -0.25) is 0 Å². The van der Waals surface area contributed by atoms with Gasteiger partial charge in [0.15, 0.2) is 0 Å². The number of carboxylic acid groups (broad SMARTS) is 1. The van der Waals surface area contributed by atoms with Gasteiger partial charge in [0.05, 0.1) is 0 Å². The molecular weight excluding hydrogens is 254 g/mol. The molecule has 1 aliphatic rings. The molecule has 1 heterocycles.